The Balaban J connectivity index is 1.42. The summed E-state index contributed by atoms with van der Waals surface area (Å²) in [5.74, 6) is 1.79. The van der Waals surface area contributed by atoms with E-state index in [1.165, 1.54) is 91.1 Å². The Kier molecular flexibility index (Phi) is 4.94. The zero-order valence-corrected chi connectivity index (χ0v) is 15.9. The van der Waals surface area contributed by atoms with Crippen molar-refractivity contribution in [2.75, 3.05) is 65.4 Å². The van der Waals surface area contributed by atoms with Crippen molar-refractivity contribution in [2.45, 2.75) is 39.5 Å². The summed E-state index contributed by atoms with van der Waals surface area (Å²) in [6.07, 6.45) is 5.41. The molecule has 0 aliphatic carbocycles. The van der Waals surface area contributed by atoms with Gasteiger partial charge < -0.3 is 20.4 Å². The van der Waals surface area contributed by atoms with Gasteiger partial charge in [0.15, 0.2) is 0 Å². The van der Waals surface area contributed by atoms with Crippen molar-refractivity contribution < 1.29 is 0 Å². The maximum absolute atomic E-state index is 3.79. The van der Waals surface area contributed by atoms with E-state index in [0.717, 1.165) is 11.8 Å². The van der Waals surface area contributed by atoms with E-state index in [4.69, 9.17) is 0 Å². The molecule has 4 rings (SSSR count). The molecule has 4 aliphatic heterocycles. The first kappa shape index (κ1) is 17.3. The van der Waals surface area contributed by atoms with Crippen molar-refractivity contribution in [2.24, 2.45) is 22.7 Å². The maximum Gasteiger partial charge on any atom is 0.0126 e. The molecular weight excluding hydrogens is 296 g/mol. The van der Waals surface area contributed by atoms with Crippen LogP contribution in [0.5, 0.6) is 0 Å². The third-order valence-electron chi connectivity index (χ3n) is 7.59. The zero-order chi connectivity index (χ0) is 16.6. The lowest BCUT2D eigenvalue weighted by molar-refractivity contribution is -0.123. The summed E-state index contributed by atoms with van der Waals surface area (Å²) >= 11 is 0. The number of nitrogens with zero attached hydrogens (tertiary/aromatic N) is 2. The predicted octanol–water partition coefficient (Wildman–Crippen LogP) is 1.63. The van der Waals surface area contributed by atoms with Crippen molar-refractivity contribution in [3.05, 3.63) is 0 Å². The molecule has 4 fully saturated rings. The standard InChI is InChI=1S/C20H38N4/c1-3-5-9-24-15-20(16-24)12-22-11-18(20)17-10-21-7-6-19(17)13-23(14-19)8-4-2/h17-18,21-22H,3-16H2,1-2H3. The van der Waals surface area contributed by atoms with Crippen LogP contribution in [0.4, 0.5) is 0 Å². The SMILES string of the molecule is CCCCN1CC2(CNCC2C2CNCCC23CN(CCC)C3)C1. The Labute approximate surface area is 148 Å². The highest BCUT2D eigenvalue weighted by molar-refractivity contribution is 5.13. The van der Waals surface area contributed by atoms with Gasteiger partial charge in [-0.05, 0) is 63.8 Å². The summed E-state index contributed by atoms with van der Waals surface area (Å²) in [4.78, 5) is 5.43. The van der Waals surface area contributed by atoms with Crippen molar-refractivity contribution in [1.82, 2.24) is 20.4 Å². The minimum atomic E-state index is 0.593. The Morgan fingerprint density at radius 2 is 1.50 bits per heavy atom. The van der Waals surface area contributed by atoms with Crippen LogP contribution in [0.3, 0.4) is 0 Å². The molecule has 2 spiro atoms. The molecule has 138 valence electrons. The molecule has 0 saturated carbocycles. The molecule has 4 saturated heterocycles. The van der Waals surface area contributed by atoms with Gasteiger partial charge in [-0.25, -0.2) is 0 Å². The molecule has 2 N–H and O–H groups in total. The largest absolute Gasteiger partial charge is 0.316 e. The van der Waals surface area contributed by atoms with Gasteiger partial charge in [-0.2, -0.15) is 0 Å². The lowest BCUT2D eigenvalue weighted by Crippen LogP contribution is -2.69. The van der Waals surface area contributed by atoms with Crippen LogP contribution in [-0.4, -0.2) is 75.2 Å². The van der Waals surface area contributed by atoms with Gasteiger partial charge >= 0.3 is 0 Å². The van der Waals surface area contributed by atoms with Crippen molar-refractivity contribution in [1.29, 1.82) is 0 Å². The van der Waals surface area contributed by atoms with Gasteiger partial charge in [-0.15, -0.1) is 0 Å². The normalized spacial score (nSPS) is 35.2. The highest BCUT2D eigenvalue weighted by atomic mass is 15.2. The van der Waals surface area contributed by atoms with Crippen LogP contribution in [0, 0.1) is 22.7 Å². The van der Waals surface area contributed by atoms with Gasteiger partial charge in [-0.1, -0.05) is 20.3 Å². The van der Waals surface area contributed by atoms with Gasteiger partial charge in [0.05, 0.1) is 0 Å². The Bertz CT molecular complexity index is 425. The summed E-state index contributed by atoms with van der Waals surface area (Å²) in [6.45, 7) is 17.8. The molecule has 0 aromatic heterocycles. The van der Waals surface area contributed by atoms with E-state index in [1.807, 2.05) is 0 Å². The van der Waals surface area contributed by atoms with Crippen LogP contribution in [0.2, 0.25) is 0 Å². The molecule has 2 unspecified atom stereocenters. The lowest BCUT2D eigenvalue weighted by atomic mass is 9.55. The number of rotatable bonds is 6. The molecule has 0 radical (unpaired) electrons. The average molecular weight is 335 g/mol. The molecule has 0 aromatic carbocycles. The summed E-state index contributed by atoms with van der Waals surface area (Å²) < 4.78 is 0. The number of hydrogen-bond donors (Lipinski definition) is 2. The van der Waals surface area contributed by atoms with Crippen molar-refractivity contribution >= 4 is 0 Å². The molecule has 0 amide bonds. The Morgan fingerprint density at radius 3 is 2.25 bits per heavy atom. The highest BCUT2D eigenvalue weighted by Gasteiger charge is 2.60. The summed E-state index contributed by atoms with van der Waals surface area (Å²) in [5.41, 5.74) is 1.23. The van der Waals surface area contributed by atoms with E-state index >= 15 is 0 Å². The summed E-state index contributed by atoms with van der Waals surface area (Å²) in [5, 5.41) is 7.55. The number of nitrogens with one attached hydrogen (secondary N) is 2. The van der Waals surface area contributed by atoms with Gasteiger partial charge in [0.1, 0.15) is 0 Å². The van der Waals surface area contributed by atoms with Crippen molar-refractivity contribution in [3.8, 4) is 0 Å². The monoisotopic (exact) mass is 334 g/mol. The quantitative estimate of drug-likeness (QED) is 0.773. The second-order valence-corrected chi connectivity index (χ2v) is 9.30. The van der Waals surface area contributed by atoms with E-state index in [-0.39, 0.29) is 0 Å². The summed E-state index contributed by atoms with van der Waals surface area (Å²) in [7, 11) is 0. The smallest absolute Gasteiger partial charge is 0.0126 e. The highest BCUT2D eigenvalue weighted by Crippen LogP contribution is 2.53. The molecule has 4 heteroatoms. The number of likely N-dealkylation sites (tertiary alicyclic amines) is 2. The van der Waals surface area contributed by atoms with E-state index in [9.17, 15) is 0 Å². The van der Waals surface area contributed by atoms with Crippen LogP contribution in [-0.2, 0) is 0 Å². The predicted molar refractivity (Wildman–Crippen MR) is 100 cm³/mol. The minimum absolute atomic E-state index is 0.593. The van der Waals surface area contributed by atoms with E-state index in [0.29, 0.717) is 10.8 Å². The topological polar surface area (TPSA) is 30.5 Å². The molecule has 0 aromatic rings. The van der Waals surface area contributed by atoms with Crippen LogP contribution in [0.1, 0.15) is 39.5 Å². The van der Waals surface area contributed by atoms with Gasteiger partial charge in [0.2, 0.25) is 0 Å². The van der Waals surface area contributed by atoms with Crippen LogP contribution < -0.4 is 10.6 Å². The van der Waals surface area contributed by atoms with E-state index in [1.54, 1.807) is 0 Å². The maximum atomic E-state index is 3.79. The van der Waals surface area contributed by atoms with Crippen LogP contribution in [0.25, 0.3) is 0 Å². The molecule has 4 nitrogen and oxygen atoms in total. The first-order chi connectivity index (χ1) is 11.7. The molecule has 0 bridgehead atoms. The fourth-order valence-electron chi connectivity index (χ4n) is 6.40. The number of unbranched alkanes of at least 4 members (excludes halogenated alkanes) is 1. The Morgan fingerprint density at radius 1 is 0.833 bits per heavy atom. The fraction of sp³-hybridized carbons (Fsp3) is 1.00. The number of hydrogen-bond acceptors (Lipinski definition) is 4. The van der Waals surface area contributed by atoms with Crippen LogP contribution >= 0.6 is 0 Å². The van der Waals surface area contributed by atoms with Crippen molar-refractivity contribution in [3.63, 3.8) is 0 Å². The zero-order valence-electron chi connectivity index (χ0n) is 15.9. The van der Waals surface area contributed by atoms with Gasteiger partial charge in [0, 0.05) is 43.6 Å². The fourth-order valence-corrected chi connectivity index (χ4v) is 6.40. The van der Waals surface area contributed by atoms with Crippen LogP contribution in [0.15, 0.2) is 0 Å². The third kappa shape index (κ3) is 2.84. The minimum Gasteiger partial charge on any atom is -0.316 e. The van der Waals surface area contributed by atoms with Gasteiger partial charge in [0.25, 0.3) is 0 Å². The Hall–Kier alpha value is -0.160. The first-order valence-electron chi connectivity index (χ1n) is 10.6. The third-order valence-corrected chi connectivity index (χ3v) is 7.59. The average Bonchev–Trinajstić information content (AvgIpc) is 2.95. The molecule has 2 atom stereocenters. The lowest BCUT2D eigenvalue weighted by Gasteiger charge is -2.62. The van der Waals surface area contributed by atoms with E-state index in [2.05, 4.69) is 34.3 Å². The van der Waals surface area contributed by atoms with Gasteiger partial charge in [-0.3, -0.25) is 0 Å². The first-order valence-corrected chi connectivity index (χ1v) is 10.6. The second kappa shape index (κ2) is 6.86. The number of piperidine rings is 1. The van der Waals surface area contributed by atoms with E-state index < -0.39 is 0 Å². The second-order valence-electron chi connectivity index (χ2n) is 9.30. The molecule has 24 heavy (non-hydrogen) atoms. The summed E-state index contributed by atoms with van der Waals surface area (Å²) in [6, 6.07) is 0. The molecule has 4 heterocycles. The molecular formula is C20H38N4. The molecule has 4 aliphatic rings.